The average Bonchev–Trinajstić information content (AvgIpc) is 2.94. The molecular weight excluding hydrogens is 1120 g/mol. The predicted molar refractivity (Wildman–Crippen MR) is 341 cm³/mol. The number of nitrogens with zero attached hydrogens (tertiary/aromatic N) is 3. The van der Waals surface area contributed by atoms with E-state index in [1.54, 1.807) is 18.4 Å². The largest absolute Gasteiger partial charge is 0.491 e. The number of amides is 3. The van der Waals surface area contributed by atoms with Crippen molar-refractivity contribution in [3.63, 3.8) is 0 Å². The molecule has 0 unspecified atom stereocenters. The van der Waals surface area contributed by atoms with E-state index in [1.807, 2.05) is 87.2 Å². The fourth-order valence-electron chi connectivity index (χ4n) is 12.2. The summed E-state index contributed by atoms with van der Waals surface area (Å²) < 4.78 is 41.0. The Morgan fingerprint density at radius 2 is 1.44 bits per heavy atom. The van der Waals surface area contributed by atoms with Crippen molar-refractivity contribution in [1.82, 2.24) is 30.8 Å². The minimum atomic E-state index is -0.533. The van der Waals surface area contributed by atoms with Crippen LogP contribution in [0.5, 0.6) is 11.5 Å². The van der Waals surface area contributed by atoms with Crippen LogP contribution in [-0.2, 0) is 39.8 Å². The first-order valence-corrected chi connectivity index (χ1v) is 32.2. The van der Waals surface area contributed by atoms with E-state index in [0.717, 1.165) is 124 Å². The van der Waals surface area contributed by atoms with Gasteiger partial charge in [-0.2, -0.15) is 0 Å². The number of likely N-dealkylation sites (tertiary alicyclic amines) is 1. The second-order valence-corrected chi connectivity index (χ2v) is 23.8. The molecule has 18 nitrogen and oxygen atoms in total. The Balaban J connectivity index is 0.658. The zero-order valence-electron chi connectivity index (χ0n) is 51.7. The summed E-state index contributed by atoms with van der Waals surface area (Å²) in [6.07, 6.45) is 8.79. The molecule has 2 aliphatic heterocycles. The zero-order valence-corrected chi connectivity index (χ0v) is 52.5. The fraction of sp³-hybridized carbons (Fsp3) is 0.515. The number of likely N-dealkylation sites (N-methyl/N-ethyl adjacent to an activating group) is 1. The molecule has 87 heavy (non-hydrogen) atoms. The number of benzene rings is 4. The standard InChI is InChI=1S/C68H89N7O11S/c1-7-74(52-25-28-80-29-26-52)61-42-51(41-57(47(61)4)65(77)70-43-58-45(2)40-46(3)71-66(58)78)49-19-21-53(22-20-49)85-38-36-83-34-32-81-30-31-82-33-35-84-37-39-86-62-24-23-55(54-16-11-12-17-56(54)62)59-44-87-67(72-59)60-18-13-27-75(60)68(79)63(50-14-9-8-10-15-50)73-64(76)48(5)69-6/h11-12,16-17,19-24,40-42,44,48,50,52,60,63,69H,7-10,13-15,18,25-39,43H2,1-6H3,(H,70,77)(H,71,78)(H,73,76)/t48-,60-,63-/m0/s1. The molecule has 3 atom stereocenters. The maximum atomic E-state index is 14.4. The second kappa shape index (κ2) is 32.5. The van der Waals surface area contributed by atoms with E-state index in [4.69, 9.17) is 38.1 Å². The Hall–Kier alpha value is -6.71. The van der Waals surface area contributed by atoms with Crippen molar-refractivity contribution < 1.29 is 47.5 Å². The normalized spacial score (nSPS) is 16.4. The van der Waals surface area contributed by atoms with Crippen molar-refractivity contribution in [2.75, 3.05) is 104 Å². The van der Waals surface area contributed by atoms with Gasteiger partial charge in [-0.15, -0.1) is 11.3 Å². The predicted octanol–water partition coefficient (Wildman–Crippen LogP) is 10.0. The number of fused-ring (bicyclic) bond motifs is 1. The van der Waals surface area contributed by atoms with Crippen LogP contribution in [0, 0.1) is 26.7 Å². The van der Waals surface area contributed by atoms with E-state index in [9.17, 15) is 19.2 Å². The van der Waals surface area contributed by atoms with E-state index in [-0.39, 0.29) is 47.8 Å². The lowest BCUT2D eigenvalue weighted by atomic mass is 9.83. The molecular formula is C68H89N7O11S. The minimum absolute atomic E-state index is 0.0127. The number of hydrogen-bond donors (Lipinski definition) is 4. The third-order valence-electron chi connectivity index (χ3n) is 17.1. The first-order valence-electron chi connectivity index (χ1n) is 31.3. The fourth-order valence-corrected chi connectivity index (χ4v) is 13.2. The van der Waals surface area contributed by atoms with Gasteiger partial charge in [-0.05, 0) is 156 Å². The molecule has 4 heterocycles. The number of H-pyrrole nitrogens is 1. The van der Waals surface area contributed by atoms with Crippen LogP contribution >= 0.6 is 11.3 Å². The monoisotopic (exact) mass is 1210 g/mol. The lowest BCUT2D eigenvalue weighted by Crippen LogP contribution is -2.55. The van der Waals surface area contributed by atoms with E-state index in [0.29, 0.717) is 109 Å². The molecule has 0 spiro atoms. The van der Waals surface area contributed by atoms with Gasteiger partial charge < -0.3 is 63.9 Å². The first kappa shape index (κ1) is 64.8. The number of anilines is 1. The molecule has 3 fully saturated rings. The molecule has 19 heteroatoms. The summed E-state index contributed by atoms with van der Waals surface area (Å²) in [5.74, 6) is 1.25. The number of pyridine rings is 1. The highest BCUT2D eigenvalue weighted by Crippen LogP contribution is 2.41. The van der Waals surface area contributed by atoms with Crippen molar-refractivity contribution >= 4 is 45.5 Å². The van der Waals surface area contributed by atoms with Gasteiger partial charge >= 0.3 is 0 Å². The maximum Gasteiger partial charge on any atom is 0.253 e. The summed E-state index contributed by atoms with van der Waals surface area (Å²) in [5.41, 5.74) is 8.18. The molecule has 2 saturated heterocycles. The van der Waals surface area contributed by atoms with Gasteiger partial charge in [0.1, 0.15) is 35.8 Å². The van der Waals surface area contributed by atoms with Gasteiger partial charge in [0.25, 0.3) is 11.5 Å². The topological polar surface area (TPSA) is 204 Å². The van der Waals surface area contributed by atoms with Crippen LogP contribution < -0.4 is 35.9 Å². The van der Waals surface area contributed by atoms with Crippen LogP contribution in [0.3, 0.4) is 0 Å². The van der Waals surface area contributed by atoms with Crippen molar-refractivity contribution in [3.8, 4) is 33.9 Å². The number of aryl methyl sites for hydroxylation is 2. The molecule has 0 radical (unpaired) electrons. The Bertz CT molecular complexity index is 3270. The number of ether oxygens (including phenoxy) is 7. The van der Waals surface area contributed by atoms with E-state index < -0.39 is 6.04 Å². The molecule has 3 amide bonds. The highest BCUT2D eigenvalue weighted by molar-refractivity contribution is 7.10. The summed E-state index contributed by atoms with van der Waals surface area (Å²) >= 11 is 1.59. The number of rotatable bonds is 31. The number of thiazole rings is 1. The highest BCUT2D eigenvalue weighted by atomic mass is 32.1. The van der Waals surface area contributed by atoms with Gasteiger partial charge in [-0.1, -0.05) is 55.7 Å². The summed E-state index contributed by atoms with van der Waals surface area (Å²) in [5, 5.41) is 14.2. The third kappa shape index (κ3) is 17.1. The molecule has 2 aromatic heterocycles. The number of aromatic nitrogens is 2. The average molecular weight is 1210 g/mol. The lowest BCUT2D eigenvalue weighted by Gasteiger charge is -2.37. The van der Waals surface area contributed by atoms with Crippen LogP contribution in [0.25, 0.3) is 33.2 Å². The number of aromatic amines is 1. The Morgan fingerprint density at radius 1 is 0.770 bits per heavy atom. The van der Waals surface area contributed by atoms with E-state index in [2.05, 4.69) is 62.4 Å². The molecule has 1 saturated carbocycles. The van der Waals surface area contributed by atoms with Gasteiger partial charge in [-0.25, -0.2) is 4.98 Å². The smallest absolute Gasteiger partial charge is 0.253 e. The number of nitrogens with one attached hydrogen (secondary N) is 4. The lowest BCUT2D eigenvalue weighted by molar-refractivity contribution is -0.139. The summed E-state index contributed by atoms with van der Waals surface area (Å²) in [6.45, 7) is 16.8. The Labute approximate surface area is 516 Å². The maximum absolute atomic E-state index is 14.4. The van der Waals surface area contributed by atoms with E-state index >= 15 is 0 Å². The molecule has 3 aliphatic rings. The zero-order chi connectivity index (χ0) is 61.1. The molecule has 0 bridgehead atoms. The minimum Gasteiger partial charge on any atom is -0.491 e. The van der Waals surface area contributed by atoms with Crippen LogP contribution in [-0.4, -0.2) is 150 Å². The van der Waals surface area contributed by atoms with Crippen LogP contribution in [0.15, 0.2) is 89.0 Å². The van der Waals surface area contributed by atoms with Crippen LogP contribution in [0.1, 0.15) is 115 Å². The number of carbonyl (C=O) groups excluding carboxylic acids is 3. The number of carbonyl (C=O) groups is 3. The Kier molecular flexibility index (Phi) is 24.2. The molecule has 6 aromatic rings. The summed E-state index contributed by atoms with van der Waals surface area (Å²) in [7, 11) is 1.76. The van der Waals surface area contributed by atoms with E-state index in [1.165, 1.54) is 6.42 Å². The second-order valence-electron chi connectivity index (χ2n) is 22.9. The molecule has 1 aliphatic carbocycles. The van der Waals surface area contributed by atoms with Gasteiger partial charge in [0.15, 0.2) is 0 Å². The molecule has 4 aromatic carbocycles. The summed E-state index contributed by atoms with van der Waals surface area (Å²) in [6, 6.07) is 25.4. The van der Waals surface area contributed by atoms with Crippen molar-refractivity contribution in [1.29, 1.82) is 0 Å². The van der Waals surface area contributed by atoms with Gasteiger partial charge in [-0.3, -0.25) is 19.2 Å². The SMILES string of the molecule is CCN(c1cc(-c2ccc(OCCOCCOCCOCCOCCOc3ccc(-c4csc([C@@H]5CCCN5C(=O)[C@@H](NC(=O)[C@H](C)NC)C5CCCCC5)n4)c4ccccc34)cc2)cc(C(=O)NCc2c(C)cc(C)[nH]c2=O)c1C)C1CCOCC1. The highest BCUT2D eigenvalue weighted by Gasteiger charge is 2.40. The number of hydrogen-bond acceptors (Lipinski definition) is 15. The van der Waals surface area contributed by atoms with Gasteiger partial charge in [0.2, 0.25) is 11.8 Å². The van der Waals surface area contributed by atoms with Crippen molar-refractivity contribution in [2.24, 2.45) is 5.92 Å². The van der Waals surface area contributed by atoms with Gasteiger partial charge in [0.05, 0.1) is 70.6 Å². The quantitative estimate of drug-likeness (QED) is 0.0299. The van der Waals surface area contributed by atoms with Crippen molar-refractivity contribution in [2.45, 2.75) is 123 Å². The molecule has 4 N–H and O–H groups in total. The van der Waals surface area contributed by atoms with Crippen LogP contribution in [0.4, 0.5) is 5.69 Å². The molecule has 468 valence electrons. The molecule has 9 rings (SSSR count). The van der Waals surface area contributed by atoms with Crippen LogP contribution in [0.2, 0.25) is 0 Å². The summed E-state index contributed by atoms with van der Waals surface area (Å²) in [4.78, 5) is 66.6. The van der Waals surface area contributed by atoms with Crippen molar-refractivity contribution in [3.05, 3.63) is 128 Å². The van der Waals surface area contributed by atoms with Gasteiger partial charge in [0, 0.05) is 77.7 Å². The Morgan fingerprint density at radius 3 is 2.10 bits per heavy atom. The first-order chi connectivity index (χ1) is 42.4. The third-order valence-corrected chi connectivity index (χ3v) is 18.1.